The molecular weight excluding hydrogens is 264 g/mol. The third-order valence-electron chi connectivity index (χ3n) is 1.95. The summed E-state index contributed by atoms with van der Waals surface area (Å²) in [5.74, 6) is 0. The van der Waals surface area contributed by atoms with E-state index >= 15 is 0 Å². The number of aliphatic hydroxyl groups excluding tert-OH is 1. The Morgan fingerprint density at radius 2 is 2.27 bits per heavy atom. The minimum absolute atomic E-state index is 0.00304. The minimum Gasteiger partial charge on any atom is -0.391 e. The molecule has 0 heterocycles. The van der Waals surface area contributed by atoms with Crippen molar-refractivity contribution < 1.29 is 10.0 Å². The first-order chi connectivity index (χ1) is 7.04. The standard InChI is InChI=1S/C9H11BrN2O3/c10-8-2-1-6(3-7(13)5-11)4-9(8)12(14)15/h1-2,4,7,13H,3,5,11H2. The van der Waals surface area contributed by atoms with Gasteiger partial charge in [0.15, 0.2) is 0 Å². The number of nitrogens with zero attached hydrogens (tertiary/aromatic N) is 1. The minimum atomic E-state index is -0.661. The second kappa shape index (κ2) is 5.20. The Morgan fingerprint density at radius 3 is 2.80 bits per heavy atom. The molecule has 15 heavy (non-hydrogen) atoms. The van der Waals surface area contributed by atoms with E-state index in [1.165, 1.54) is 6.07 Å². The van der Waals surface area contributed by atoms with E-state index in [2.05, 4.69) is 15.9 Å². The van der Waals surface area contributed by atoms with Gasteiger partial charge in [-0.25, -0.2) is 0 Å². The van der Waals surface area contributed by atoms with Crippen LogP contribution in [0.4, 0.5) is 5.69 Å². The number of benzene rings is 1. The van der Waals surface area contributed by atoms with Gasteiger partial charge in [0, 0.05) is 12.6 Å². The molecule has 0 fully saturated rings. The highest BCUT2D eigenvalue weighted by molar-refractivity contribution is 9.10. The van der Waals surface area contributed by atoms with Crippen LogP contribution in [0.1, 0.15) is 5.56 Å². The number of nitro groups is 1. The van der Waals surface area contributed by atoms with Gasteiger partial charge < -0.3 is 10.8 Å². The zero-order valence-corrected chi connectivity index (χ0v) is 9.48. The molecule has 1 rings (SSSR count). The van der Waals surface area contributed by atoms with Crippen molar-refractivity contribution in [3.05, 3.63) is 38.3 Å². The quantitative estimate of drug-likeness (QED) is 0.638. The number of nitro benzene ring substituents is 1. The lowest BCUT2D eigenvalue weighted by Crippen LogP contribution is -2.21. The van der Waals surface area contributed by atoms with Gasteiger partial charge in [-0.05, 0) is 34.0 Å². The Labute approximate surface area is 95.2 Å². The molecule has 6 heteroatoms. The van der Waals surface area contributed by atoms with Crippen molar-refractivity contribution in [3.8, 4) is 0 Å². The van der Waals surface area contributed by atoms with E-state index < -0.39 is 11.0 Å². The number of aliphatic hydroxyl groups is 1. The van der Waals surface area contributed by atoms with Crippen LogP contribution in [-0.4, -0.2) is 22.7 Å². The fourth-order valence-corrected chi connectivity index (χ4v) is 1.57. The third kappa shape index (κ3) is 3.26. The predicted molar refractivity (Wildman–Crippen MR) is 59.6 cm³/mol. The maximum Gasteiger partial charge on any atom is 0.283 e. The van der Waals surface area contributed by atoms with Gasteiger partial charge in [-0.1, -0.05) is 6.07 Å². The number of halogens is 1. The molecule has 5 nitrogen and oxygen atoms in total. The number of hydrogen-bond donors (Lipinski definition) is 2. The van der Waals surface area contributed by atoms with Gasteiger partial charge in [0.2, 0.25) is 0 Å². The number of hydrogen-bond acceptors (Lipinski definition) is 4. The Hall–Kier alpha value is -0.980. The van der Waals surface area contributed by atoms with Crippen LogP contribution in [0.3, 0.4) is 0 Å². The van der Waals surface area contributed by atoms with Gasteiger partial charge in [-0.2, -0.15) is 0 Å². The predicted octanol–water partition coefficient (Wildman–Crippen LogP) is 1.22. The van der Waals surface area contributed by atoms with Crippen LogP contribution in [0.15, 0.2) is 22.7 Å². The highest BCUT2D eigenvalue weighted by Gasteiger charge is 2.13. The van der Waals surface area contributed by atoms with Gasteiger partial charge in [0.25, 0.3) is 5.69 Å². The second-order valence-electron chi connectivity index (χ2n) is 3.14. The molecule has 82 valence electrons. The maximum atomic E-state index is 10.6. The summed E-state index contributed by atoms with van der Waals surface area (Å²) in [6, 6.07) is 4.75. The number of rotatable bonds is 4. The molecular formula is C9H11BrN2O3. The van der Waals surface area contributed by atoms with Gasteiger partial charge in [0.1, 0.15) is 0 Å². The van der Waals surface area contributed by atoms with E-state index in [-0.39, 0.29) is 12.2 Å². The van der Waals surface area contributed by atoms with E-state index in [4.69, 9.17) is 5.73 Å². The van der Waals surface area contributed by atoms with Crippen molar-refractivity contribution >= 4 is 21.6 Å². The lowest BCUT2D eigenvalue weighted by atomic mass is 10.1. The molecule has 3 N–H and O–H groups in total. The average molecular weight is 275 g/mol. The molecule has 1 aromatic carbocycles. The third-order valence-corrected chi connectivity index (χ3v) is 2.62. The summed E-state index contributed by atoms with van der Waals surface area (Å²) in [5.41, 5.74) is 5.95. The molecule has 1 atom stereocenters. The molecule has 0 saturated carbocycles. The number of nitrogens with two attached hydrogens (primary N) is 1. The van der Waals surface area contributed by atoms with Crippen LogP contribution < -0.4 is 5.73 Å². The molecule has 1 aromatic rings. The van der Waals surface area contributed by atoms with Crippen molar-refractivity contribution in [1.82, 2.24) is 0 Å². The lowest BCUT2D eigenvalue weighted by molar-refractivity contribution is -0.385. The molecule has 0 amide bonds. The van der Waals surface area contributed by atoms with E-state index in [1.54, 1.807) is 12.1 Å². The van der Waals surface area contributed by atoms with Crippen LogP contribution in [0.25, 0.3) is 0 Å². The molecule has 0 saturated heterocycles. The highest BCUT2D eigenvalue weighted by Crippen LogP contribution is 2.25. The summed E-state index contributed by atoms with van der Waals surface area (Å²) in [4.78, 5) is 10.1. The first-order valence-electron chi connectivity index (χ1n) is 4.35. The molecule has 0 radical (unpaired) electrons. The molecule has 1 unspecified atom stereocenters. The topological polar surface area (TPSA) is 89.4 Å². The average Bonchev–Trinajstić information content (AvgIpc) is 2.20. The molecule has 0 aromatic heterocycles. The summed E-state index contributed by atoms with van der Waals surface area (Å²) in [6.45, 7) is 0.143. The summed E-state index contributed by atoms with van der Waals surface area (Å²) in [5, 5.41) is 19.9. The van der Waals surface area contributed by atoms with E-state index in [0.29, 0.717) is 16.5 Å². The smallest absolute Gasteiger partial charge is 0.283 e. The molecule has 0 aliphatic heterocycles. The van der Waals surface area contributed by atoms with Crippen LogP contribution in [0.5, 0.6) is 0 Å². The summed E-state index contributed by atoms with van der Waals surface area (Å²) >= 11 is 3.09. The Bertz CT molecular complexity index is 370. The lowest BCUT2D eigenvalue weighted by Gasteiger charge is -2.07. The second-order valence-corrected chi connectivity index (χ2v) is 3.99. The Kier molecular flexibility index (Phi) is 4.19. The van der Waals surface area contributed by atoms with Crippen molar-refractivity contribution in [3.63, 3.8) is 0 Å². The maximum absolute atomic E-state index is 10.6. The van der Waals surface area contributed by atoms with Gasteiger partial charge in [0.05, 0.1) is 15.5 Å². The molecule has 0 spiro atoms. The summed E-state index contributed by atoms with van der Waals surface area (Å²) < 4.78 is 0.429. The van der Waals surface area contributed by atoms with E-state index in [9.17, 15) is 15.2 Å². The molecule has 0 aliphatic carbocycles. The van der Waals surface area contributed by atoms with Crippen LogP contribution in [0, 0.1) is 10.1 Å². The Balaban J connectivity index is 2.92. The van der Waals surface area contributed by atoms with Crippen molar-refractivity contribution in [2.45, 2.75) is 12.5 Å². The molecule has 0 bridgehead atoms. The SMILES string of the molecule is NCC(O)Cc1ccc(Br)c([N+](=O)[O-])c1. The van der Waals surface area contributed by atoms with E-state index in [1.807, 2.05) is 0 Å². The van der Waals surface area contributed by atoms with Crippen LogP contribution >= 0.6 is 15.9 Å². The van der Waals surface area contributed by atoms with Gasteiger partial charge >= 0.3 is 0 Å². The van der Waals surface area contributed by atoms with Crippen LogP contribution in [0.2, 0.25) is 0 Å². The monoisotopic (exact) mass is 274 g/mol. The van der Waals surface area contributed by atoms with Crippen molar-refractivity contribution in [1.29, 1.82) is 0 Å². The highest BCUT2D eigenvalue weighted by atomic mass is 79.9. The zero-order chi connectivity index (χ0) is 11.4. The molecule has 0 aliphatic rings. The van der Waals surface area contributed by atoms with Crippen molar-refractivity contribution in [2.75, 3.05) is 6.54 Å². The largest absolute Gasteiger partial charge is 0.391 e. The fourth-order valence-electron chi connectivity index (χ4n) is 1.18. The summed E-state index contributed by atoms with van der Waals surface area (Å²) in [6.07, 6.45) is -0.337. The van der Waals surface area contributed by atoms with Gasteiger partial charge in [-0.3, -0.25) is 10.1 Å². The Morgan fingerprint density at radius 1 is 1.60 bits per heavy atom. The fraction of sp³-hybridized carbons (Fsp3) is 0.333. The summed E-state index contributed by atoms with van der Waals surface area (Å²) in [7, 11) is 0. The normalized spacial score (nSPS) is 12.5. The van der Waals surface area contributed by atoms with Crippen LogP contribution in [-0.2, 0) is 6.42 Å². The van der Waals surface area contributed by atoms with Gasteiger partial charge in [-0.15, -0.1) is 0 Å². The first-order valence-corrected chi connectivity index (χ1v) is 5.15. The van der Waals surface area contributed by atoms with Crippen molar-refractivity contribution in [2.24, 2.45) is 5.73 Å². The van der Waals surface area contributed by atoms with E-state index in [0.717, 1.165) is 0 Å². The zero-order valence-electron chi connectivity index (χ0n) is 7.89. The first kappa shape index (κ1) is 12.1.